The van der Waals surface area contributed by atoms with E-state index in [1.165, 1.54) is 0 Å². The minimum absolute atomic E-state index is 0.277. The van der Waals surface area contributed by atoms with Crippen LogP contribution in [0.5, 0.6) is 5.75 Å². The minimum Gasteiger partial charge on any atom is -0.425 e. The summed E-state index contributed by atoms with van der Waals surface area (Å²) in [7, 11) is 0. The topological polar surface area (TPSA) is 86.5 Å². The van der Waals surface area contributed by atoms with Crippen molar-refractivity contribution in [1.82, 2.24) is 4.98 Å². The molecule has 1 aromatic heterocycles. The SMILES string of the molecule is Cc1cccc(C(=O)C(C(=O)Oc2c(C)cc(C)cc2C)c2nc3cc(C)ccc3oc2=O)c1. The molecule has 3 aromatic carbocycles. The van der Waals surface area contributed by atoms with Crippen LogP contribution in [0.1, 0.15) is 49.8 Å². The van der Waals surface area contributed by atoms with Gasteiger partial charge in [0, 0.05) is 5.56 Å². The first-order chi connectivity index (χ1) is 16.1. The summed E-state index contributed by atoms with van der Waals surface area (Å²) >= 11 is 0. The van der Waals surface area contributed by atoms with Gasteiger partial charge in [-0.15, -0.1) is 0 Å². The van der Waals surface area contributed by atoms with E-state index in [1.807, 2.05) is 52.8 Å². The molecule has 0 aliphatic heterocycles. The van der Waals surface area contributed by atoms with Gasteiger partial charge in [0.2, 0.25) is 0 Å². The Morgan fingerprint density at radius 2 is 1.53 bits per heavy atom. The molecule has 0 amide bonds. The van der Waals surface area contributed by atoms with Crippen molar-refractivity contribution in [3.05, 3.63) is 104 Å². The number of fused-ring (bicyclic) bond motifs is 1. The molecule has 0 radical (unpaired) electrons. The number of aromatic nitrogens is 1. The fourth-order valence-corrected chi connectivity index (χ4v) is 4.11. The molecular formula is C28H25NO5. The van der Waals surface area contributed by atoms with Gasteiger partial charge in [0.15, 0.2) is 17.3 Å². The molecular weight excluding hydrogens is 430 g/mol. The maximum absolute atomic E-state index is 13.6. The summed E-state index contributed by atoms with van der Waals surface area (Å²) in [6.07, 6.45) is 0. The van der Waals surface area contributed by atoms with Gasteiger partial charge >= 0.3 is 11.6 Å². The number of ketones is 1. The summed E-state index contributed by atoms with van der Waals surface area (Å²) in [6, 6.07) is 15.8. The highest BCUT2D eigenvalue weighted by atomic mass is 16.5. The normalized spacial score (nSPS) is 11.9. The largest absolute Gasteiger partial charge is 0.425 e. The highest BCUT2D eigenvalue weighted by molar-refractivity contribution is 6.13. The Morgan fingerprint density at radius 3 is 2.21 bits per heavy atom. The van der Waals surface area contributed by atoms with E-state index < -0.39 is 23.3 Å². The quantitative estimate of drug-likeness (QED) is 0.176. The highest BCUT2D eigenvalue weighted by Gasteiger charge is 2.36. The van der Waals surface area contributed by atoms with Crippen molar-refractivity contribution < 1.29 is 18.7 Å². The second-order valence-corrected chi connectivity index (χ2v) is 8.67. The Bertz CT molecular complexity index is 1480. The minimum atomic E-state index is -1.58. The van der Waals surface area contributed by atoms with Crippen molar-refractivity contribution in [3.8, 4) is 5.75 Å². The fourth-order valence-electron chi connectivity index (χ4n) is 4.11. The molecule has 0 spiro atoms. The highest BCUT2D eigenvalue weighted by Crippen LogP contribution is 2.28. The van der Waals surface area contributed by atoms with Crippen LogP contribution < -0.4 is 10.4 Å². The zero-order valence-electron chi connectivity index (χ0n) is 19.8. The Balaban J connectivity index is 1.86. The molecule has 0 fully saturated rings. The Labute approximate surface area is 197 Å². The van der Waals surface area contributed by atoms with Crippen molar-refractivity contribution in [3.63, 3.8) is 0 Å². The summed E-state index contributed by atoms with van der Waals surface area (Å²) in [5.74, 6) is -2.68. The van der Waals surface area contributed by atoms with Crippen LogP contribution in [0.3, 0.4) is 0 Å². The number of rotatable bonds is 5. The van der Waals surface area contributed by atoms with Gasteiger partial charge in [-0.25, -0.2) is 9.78 Å². The molecule has 6 heteroatoms. The molecule has 0 aliphatic carbocycles. The first-order valence-corrected chi connectivity index (χ1v) is 11.0. The van der Waals surface area contributed by atoms with Crippen LogP contribution >= 0.6 is 0 Å². The molecule has 0 N–H and O–H groups in total. The van der Waals surface area contributed by atoms with Gasteiger partial charge in [-0.3, -0.25) is 9.59 Å². The number of benzene rings is 3. The second-order valence-electron chi connectivity index (χ2n) is 8.67. The molecule has 1 unspecified atom stereocenters. The van der Waals surface area contributed by atoms with Crippen molar-refractivity contribution in [1.29, 1.82) is 0 Å². The van der Waals surface area contributed by atoms with E-state index >= 15 is 0 Å². The lowest BCUT2D eigenvalue weighted by molar-refractivity contribution is -0.135. The summed E-state index contributed by atoms with van der Waals surface area (Å²) in [6.45, 7) is 9.31. The van der Waals surface area contributed by atoms with E-state index in [9.17, 15) is 14.4 Å². The first kappa shape index (κ1) is 23.1. The molecule has 172 valence electrons. The fraction of sp³-hybridized carbons (Fsp3) is 0.214. The van der Waals surface area contributed by atoms with Crippen LogP contribution in [0.4, 0.5) is 0 Å². The van der Waals surface area contributed by atoms with Gasteiger partial charge in [-0.2, -0.15) is 0 Å². The number of nitrogens with zero attached hydrogens (tertiary/aromatic N) is 1. The van der Waals surface area contributed by atoms with Gasteiger partial charge in [-0.05, 0) is 69.5 Å². The van der Waals surface area contributed by atoms with Gasteiger partial charge in [0.1, 0.15) is 17.0 Å². The standard InChI is InChI=1S/C28H25NO5/c1-15-7-6-8-20(13-15)25(30)23(27(31)34-26-18(4)11-17(3)12-19(26)5)24-28(32)33-22-10-9-16(2)14-21(22)29-24/h6-14,23H,1-5H3. The number of Topliss-reactive ketones (excluding diaryl/α,β-unsaturated/α-hetero) is 1. The predicted octanol–water partition coefficient (Wildman–Crippen LogP) is 5.30. The average molecular weight is 456 g/mol. The van der Waals surface area contributed by atoms with Crippen LogP contribution in [0.15, 0.2) is 63.8 Å². The van der Waals surface area contributed by atoms with E-state index in [4.69, 9.17) is 9.15 Å². The molecule has 4 rings (SSSR count). The van der Waals surface area contributed by atoms with Crippen molar-refractivity contribution in [2.45, 2.75) is 40.5 Å². The maximum atomic E-state index is 13.6. The van der Waals surface area contributed by atoms with E-state index in [-0.39, 0.29) is 16.8 Å². The number of aryl methyl sites for hydroxylation is 5. The van der Waals surface area contributed by atoms with E-state index in [0.717, 1.165) is 27.8 Å². The van der Waals surface area contributed by atoms with Gasteiger partial charge in [-0.1, -0.05) is 47.5 Å². The smallest absolute Gasteiger partial charge is 0.359 e. The van der Waals surface area contributed by atoms with E-state index in [2.05, 4.69) is 4.98 Å². The lowest BCUT2D eigenvalue weighted by atomic mass is 9.93. The molecule has 1 atom stereocenters. The van der Waals surface area contributed by atoms with Gasteiger partial charge in [0.05, 0.1) is 0 Å². The zero-order chi connectivity index (χ0) is 24.6. The van der Waals surface area contributed by atoms with E-state index in [0.29, 0.717) is 11.3 Å². The molecule has 0 saturated heterocycles. The first-order valence-electron chi connectivity index (χ1n) is 11.0. The Hall–Kier alpha value is -4.06. The van der Waals surface area contributed by atoms with Gasteiger partial charge in [0.25, 0.3) is 0 Å². The van der Waals surface area contributed by atoms with Crippen molar-refractivity contribution in [2.75, 3.05) is 0 Å². The van der Waals surface area contributed by atoms with Crippen LogP contribution in [-0.2, 0) is 4.79 Å². The molecule has 1 heterocycles. The third-order valence-corrected chi connectivity index (χ3v) is 5.65. The molecule has 0 saturated carbocycles. The number of carbonyl (C=O) groups is 2. The van der Waals surface area contributed by atoms with Crippen molar-refractivity contribution in [2.24, 2.45) is 0 Å². The lowest BCUT2D eigenvalue weighted by Crippen LogP contribution is -2.32. The van der Waals surface area contributed by atoms with Gasteiger partial charge < -0.3 is 9.15 Å². The third-order valence-electron chi connectivity index (χ3n) is 5.65. The van der Waals surface area contributed by atoms with Crippen LogP contribution in [0.25, 0.3) is 11.1 Å². The number of hydrogen-bond donors (Lipinski definition) is 0. The summed E-state index contributed by atoms with van der Waals surface area (Å²) < 4.78 is 11.2. The van der Waals surface area contributed by atoms with Crippen LogP contribution in [-0.4, -0.2) is 16.7 Å². The number of ether oxygens (including phenoxy) is 1. The second kappa shape index (κ2) is 9.06. The van der Waals surface area contributed by atoms with Crippen LogP contribution in [0.2, 0.25) is 0 Å². The molecule has 6 nitrogen and oxygen atoms in total. The Kier molecular flexibility index (Phi) is 6.16. The van der Waals surface area contributed by atoms with Crippen LogP contribution in [0, 0.1) is 34.6 Å². The third kappa shape index (κ3) is 4.53. The Morgan fingerprint density at radius 1 is 0.853 bits per heavy atom. The predicted molar refractivity (Wildman–Crippen MR) is 130 cm³/mol. The molecule has 34 heavy (non-hydrogen) atoms. The average Bonchev–Trinajstić information content (AvgIpc) is 2.77. The van der Waals surface area contributed by atoms with Crippen molar-refractivity contribution >= 4 is 22.9 Å². The number of carbonyl (C=O) groups excluding carboxylic acids is 2. The lowest BCUT2D eigenvalue weighted by Gasteiger charge is -2.17. The monoisotopic (exact) mass is 455 g/mol. The zero-order valence-corrected chi connectivity index (χ0v) is 19.8. The molecule has 0 aliphatic rings. The molecule has 0 bridgehead atoms. The summed E-state index contributed by atoms with van der Waals surface area (Å²) in [4.78, 5) is 44.4. The number of hydrogen-bond acceptors (Lipinski definition) is 6. The number of esters is 1. The summed E-state index contributed by atoms with van der Waals surface area (Å²) in [5, 5.41) is 0. The summed E-state index contributed by atoms with van der Waals surface area (Å²) in [5.41, 5.74) is 4.07. The van der Waals surface area contributed by atoms with E-state index in [1.54, 1.807) is 36.4 Å². The molecule has 4 aromatic rings. The maximum Gasteiger partial charge on any atom is 0.359 e.